The Morgan fingerprint density at radius 1 is 1.50 bits per heavy atom. The lowest BCUT2D eigenvalue weighted by atomic mass is 9.92. The van der Waals surface area contributed by atoms with Gasteiger partial charge < -0.3 is 5.11 Å². The van der Waals surface area contributed by atoms with E-state index in [9.17, 15) is 5.11 Å². The Labute approximate surface area is 79.9 Å². The first-order valence-electron chi connectivity index (χ1n) is 4.74. The molecule has 2 heteroatoms. The van der Waals surface area contributed by atoms with Crippen LogP contribution < -0.4 is 0 Å². The highest BCUT2D eigenvalue weighted by Crippen LogP contribution is 2.44. The monoisotopic (exact) mass is 188 g/mol. The molecule has 1 N–H and O–H groups in total. The molecule has 12 heavy (non-hydrogen) atoms. The van der Waals surface area contributed by atoms with Crippen molar-refractivity contribution < 1.29 is 5.11 Å². The molecule has 1 rings (SSSR count). The molecule has 1 aliphatic rings. The summed E-state index contributed by atoms with van der Waals surface area (Å²) in [6.07, 6.45) is 4.28. The van der Waals surface area contributed by atoms with E-state index < -0.39 is 5.60 Å². The molecule has 0 aromatic rings. The summed E-state index contributed by atoms with van der Waals surface area (Å²) in [5.41, 5.74) is -0.422. The molecule has 0 aromatic heterocycles. The van der Waals surface area contributed by atoms with Crippen LogP contribution in [0.25, 0.3) is 0 Å². The van der Waals surface area contributed by atoms with Crippen LogP contribution in [0, 0.1) is 11.8 Å². The van der Waals surface area contributed by atoms with Gasteiger partial charge in [0.25, 0.3) is 0 Å². The van der Waals surface area contributed by atoms with E-state index >= 15 is 0 Å². The van der Waals surface area contributed by atoms with E-state index in [4.69, 9.17) is 0 Å². The van der Waals surface area contributed by atoms with Crippen molar-refractivity contribution in [1.82, 2.24) is 0 Å². The smallest absolute Gasteiger partial charge is 0.0740 e. The number of rotatable bonds is 2. The van der Waals surface area contributed by atoms with Crippen molar-refractivity contribution in [3.63, 3.8) is 0 Å². The fraction of sp³-hybridized carbons (Fsp3) is 1.00. The van der Waals surface area contributed by atoms with Crippen molar-refractivity contribution in [1.29, 1.82) is 0 Å². The normalized spacial score (nSPS) is 42.5. The van der Waals surface area contributed by atoms with Gasteiger partial charge in [-0.1, -0.05) is 13.8 Å². The summed E-state index contributed by atoms with van der Waals surface area (Å²) in [6.45, 7) is 6.50. The molecule has 1 saturated carbocycles. The van der Waals surface area contributed by atoms with Crippen LogP contribution in [0.3, 0.4) is 0 Å². The van der Waals surface area contributed by atoms with E-state index in [0.717, 1.165) is 6.42 Å². The van der Waals surface area contributed by atoms with E-state index in [1.54, 1.807) is 0 Å². The molecule has 0 heterocycles. The van der Waals surface area contributed by atoms with E-state index in [2.05, 4.69) is 20.1 Å². The third kappa shape index (κ3) is 1.80. The summed E-state index contributed by atoms with van der Waals surface area (Å²) < 4.78 is 0. The number of hydrogen-bond acceptors (Lipinski definition) is 2. The first-order valence-corrected chi connectivity index (χ1v) is 6.03. The summed E-state index contributed by atoms with van der Waals surface area (Å²) in [5.74, 6) is 1.41. The highest BCUT2D eigenvalue weighted by Gasteiger charge is 2.44. The quantitative estimate of drug-likeness (QED) is 0.718. The summed E-state index contributed by atoms with van der Waals surface area (Å²) in [5, 5.41) is 10.5. The predicted molar refractivity (Wildman–Crippen MR) is 55.5 cm³/mol. The molecule has 0 aliphatic heterocycles. The summed E-state index contributed by atoms with van der Waals surface area (Å²) >= 11 is 1.83. The topological polar surface area (TPSA) is 20.2 Å². The van der Waals surface area contributed by atoms with Crippen LogP contribution in [0.2, 0.25) is 0 Å². The Kier molecular flexibility index (Phi) is 3.11. The Morgan fingerprint density at radius 3 is 2.42 bits per heavy atom. The Bertz CT molecular complexity index is 154. The van der Waals surface area contributed by atoms with Crippen LogP contribution in [0.5, 0.6) is 0 Å². The van der Waals surface area contributed by atoms with Crippen LogP contribution in [-0.4, -0.2) is 22.2 Å². The van der Waals surface area contributed by atoms with Crippen LogP contribution in [0.4, 0.5) is 0 Å². The number of aliphatic hydroxyl groups is 1. The van der Waals surface area contributed by atoms with Crippen molar-refractivity contribution in [2.75, 3.05) is 6.26 Å². The van der Waals surface area contributed by atoms with Crippen LogP contribution >= 0.6 is 11.8 Å². The van der Waals surface area contributed by atoms with Gasteiger partial charge in [-0.15, -0.1) is 0 Å². The zero-order valence-corrected chi connectivity index (χ0v) is 9.32. The summed E-state index contributed by atoms with van der Waals surface area (Å²) in [7, 11) is 0. The first kappa shape index (κ1) is 10.4. The number of thioether (sulfide) groups is 1. The van der Waals surface area contributed by atoms with Gasteiger partial charge in [0, 0.05) is 5.25 Å². The lowest BCUT2D eigenvalue weighted by molar-refractivity contribution is 0.0673. The molecule has 0 aromatic carbocycles. The highest BCUT2D eigenvalue weighted by molar-refractivity contribution is 7.99. The molecule has 72 valence electrons. The SMILES string of the molecule is CSC1C(C(C)C)CCC1(C)O. The average molecular weight is 188 g/mol. The summed E-state index contributed by atoms with van der Waals surface area (Å²) in [6, 6.07) is 0. The van der Waals surface area contributed by atoms with E-state index in [1.165, 1.54) is 6.42 Å². The Balaban J connectivity index is 2.69. The first-order chi connectivity index (χ1) is 5.49. The average Bonchev–Trinajstić information content (AvgIpc) is 2.24. The third-order valence-electron chi connectivity index (χ3n) is 3.10. The van der Waals surface area contributed by atoms with Gasteiger partial charge in [-0.25, -0.2) is 0 Å². The third-order valence-corrected chi connectivity index (χ3v) is 4.46. The second kappa shape index (κ2) is 3.59. The highest BCUT2D eigenvalue weighted by atomic mass is 32.2. The fourth-order valence-electron chi connectivity index (χ4n) is 2.33. The molecular formula is C10H20OS. The minimum absolute atomic E-state index is 0.422. The Hall–Kier alpha value is 0.310. The van der Waals surface area contributed by atoms with Gasteiger partial charge in [0.1, 0.15) is 0 Å². The molecular weight excluding hydrogens is 168 g/mol. The fourth-order valence-corrected chi connectivity index (χ4v) is 3.75. The molecule has 0 bridgehead atoms. The van der Waals surface area contributed by atoms with Gasteiger partial charge in [0.15, 0.2) is 0 Å². The van der Waals surface area contributed by atoms with Crippen molar-refractivity contribution in [2.24, 2.45) is 11.8 Å². The van der Waals surface area contributed by atoms with Gasteiger partial charge in [0.05, 0.1) is 5.60 Å². The second-order valence-electron chi connectivity index (χ2n) is 4.46. The van der Waals surface area contributed by atoms with Gasteiger partial charge in [-0.3, -0.25) is 0 Å². The molecule has 0 spiro atoms. The van der Waals surface area contributed by atoms with Crippen molar-refractivity contribution in [3.8, 4) is 0 Å². The minimum atomic E-state index is -0.422. The molecule has 1 nitrogen and oxygen atoms in total. The van der Waals surface area contributed by atoms with Gasteiger partial charge in [0.2, 0.25) is 0 Å². The maximum atomic E-state index is 10.1. The van der Waals surface area contributed by atoms with Crippen LogP contribution in [0.1, 0.15) is 33.6 Å². The molecule has 0 radical (unpaired) electrons. The van der Waals surface area contributed by atoms with Crippen LogP contribution in [0.15, 0.2) is 0 Å². The standard InChI is InChI=1S/C10H20OS/c1-7(2)8-5-6-10(3,11)9(8)12-4/h7-9,11H,5-6H2,1-4H3. The zero-order chi connectivity index (χ0) is 9.35. The molecule has 3 unspecified atom stereocenters. The maximum absolute atomic E-state index is 10.1. The lowest BCUT2D eigenvalue weighted by Crippen LogP contribution is -2.35. The van der Waals surface area contributed by atoms with Crippen LogP contribution in [-0.2, 0) is 0 Å². The molecule has 0 amide bonds. The number of hydrogen-bond donors (Lipinski definition) is 1. The maximum Gasteiger partial charge on any atom is 0.0740 e. The van der Waals surface area contributed by atoms with Gasteiger partial charge >= 0.3 is 0 Å². The molecule has 1 fully saturated rings. The van der Waals surface area contributed by atoms with E-state index in [0.29, 0.717) is 17.1 Å². The van der Waals surface area contributed by atoms with Gasteiger partial charge in [-0.05, 0) is 37.9 Å². The van der Waals surface area contributed by atoms with Crippen molar-refractivity contribution in [2.45, 2.75) is 44.5 Å². The molecule has 3 atom stereocenters. The van der Waals surface area contributed by atoms with Gasteiger partial charge in [-0.2, -0.15) is 11.8 Å². The lowest BCUT2D eigenvalue weighted by Gasteiger charge is -2.29. The predicted octanol–water partition coefficient (Wildman–Crippen LogP) is 2.54. The van der Waals surface area contributed by atoms with Crippen molar-refractivity contribution >= 4 is 11.8 Å². The van der Waals surface area contributed by atoms with Crippen molar-refractivity contribution in [3.05, 3.63) is 0 Å². The molecule has 0 saturated heterocycles. The van der Waals surface area contributed by atoms with E-state index in [1.807, 2.05) is 18.7 Å². The largest absolute Gasteiger partial charge is 0.389 e. The molecule has 1 aliphatic carbocycles. The Morgan fingerprint density at radius 2 is 2.08 bits per heavy atom. The zero-order valence-electron chi connectivity index (χ0n) is 8.50. The minimum Gasteiger partial charge on any atom is -0.389 e. The second-order valence-corrected chi connectivity index (χ2v) is 5.44. The summed E-state index contributed by atoms with van der Waals surface area (Å²) in [4.78, 5) is 0. The van der Waals surface area contributed by atoms with E-state index in [-0.39, 0.29) is 0 Å².